The smallest absolute Gasteiger partial charge is 0.267 e. The molecule has 0 amide bonds. The lowest BCUT2D eigenvalue weighted by atomic mass is 9.82. The fourth-order valence-electron chi connectivity index (χ4n) is 3.11. The highest BCUT2D eigenvalue weighted by molar-refractivity contribution is 9.72. The summed E-state index contributed by atoms with van der Waals surface area (Å²) in [5.41, 5.74) is 2.95. The van der Waals surface area contributed by atoms with Gasteiger partial charge in [0.1, 0.15) is 0 Å². The van der Waals surface area contributed by atoms with E-state index in [1.165, 1.54) is 36.8 Å². The molecule has 0 unspecified atom stereocenters. The Balaban J connectivity index is 1.69. The molecule has 0 radical (unpaired) electrons. The van der Waals surface area contributed by atoms with Gasteiger partial charge in [0.15, 0.2) is 0 Å². The van der Waals surface area contributed by atoms with Gasteiger partial charge in [-0.3, -0.25) is 0 Å². The minimum Gasteiger partial charge on any atom is -0.378 e. The third kappa shape index (κ3) is 6.76. The number of ether oxygens (including phenoxy) is 1. The van der Waals surface area contributed by atoms with Crippen molar-refractivity contribution in [3.63, 3.8) is 0 Å². The number of aryl methyl sites for hydroxylation is 1. The molecule has 2 rings (SSSR count). The van der Waals surface area contributed by atoms with Gasteiger partial charge in [-0.25, -0.2) is 0 Å². The van der Waals surface area contributed by atoms with Crippen LogP contribution in [0.5, 0.6) is 0 Å². The van der Waals surface area contributed by atoms with Gasteiger partial charge in [-0.2, -0.15) is 0 Å². The maximum Gasteiger partial charge on any atom is 0.267 e. The van der Waals surface area contributed by atoms with Crippen molar-refractivity contribution >= 4 is 49.8 Å². The van der Waals surface area contributed by atoms with Gasteiger partial charge in [0.25, 0.3) is 3.93 Å². The molecule has 0 aliphatic heterocycles. The Kier molecular flexibility index (Phi) is 8.15. The monoisotopic (exact) mass is 510 g/mol. The summed E-state index contributed by atoms with van der Waals surface area (Å²) in [5.74, 6) is 0.735. The second kappa shape index (κ2) is 9.35. The van der Waals surface area contributed by atoms with Gasteiger partial charge in [0, 0.05) is 6.61 Å². The van der Waals surface area contributed by atoms with E-state index in [1.54, 1.807) is 0 Å². The molecule has 0 aromatic heterocycles. The van der Waals surface area contributed by atoms with Crippen LogP contribution in [0.25, 0.3) is 0 Å². The van der Waals surface area contributed by atoms with Crippen LogP contribution in [0.3, 0.4) is 0 Å². The third-order valence-electron chi connectivity index (χ3n) is 4.49. The molecule has 1 aromatic carbocycles. The lowest BCUT2D eigenvalue weighted by Crippen LogP contribution is -2.21. The summed E-state index contributed by atoms with van der Waals surface area (Å²) in [6.45, 7) is 3.10. The summed E-state index contributed by atoms with van der Waals surface area (Å²) in [4.78, 5) is 0. The van der Waals surface area contributed by atoms with E-state index in [1.807, 2.05) is 0 Å². The zero-order valence-electron chi connectivity index (χ0n) is 13.2. The molecule has 0 heterocycles. The lowest BCUT2D eigenvalue weighted by molar-refractivity contribution is 0.0251. The van der Waals surface area contributed by atoms with Crippen molar-refractivity contribution in [3.05, 3.63) is 35.4 Å². The molecule has 0 saturated heterocycles. The number of rotatable bonds is 7. The maximum absolute atomic E-state index is 6.06. The van der Waals surface area contributed by atoms with Gasteiger partial charge in [-0.1, -0.05) is 77.1 Å². The number of hydrogen-bond donors (Lipinski definition) is 0. The Morgan fingerprint density at radius 1 is 1.05 bits per heavy atom. The van der Waals surface area contributed by atoms with E-state index in [2.05, 4.69) is 77.1 Å². The van der Waals surface area contributed by atoms with Crippen LogP contribution in [-0.2, 0) is 11.2 Å². The van der Waals surface area contributed by atoms with Crippen molar-refractivity contribution in [2.45, 2.75) is 63.5 Å². The molecule has 1 aliphatic carbocycles. The minimum absolute atomic E-state index is 0.475. The Hall–Kier alpha value is 0.837. The van der Waals surface area contributed by atoms with Crippen molar-refractivity contribution in [1.82, 2.24) is 0 Å². The van der Waals surface area contributed by atoms with Crippen LogP contribution in [0.15, 0.2) is 24.3 Å². The van der Waals surface area contributed by atoms with Crippen LogP contribution in [0.2, 0.25) is 6.04 Å². The topological polar surface area (TPSA) is 9.23 Å². The van der Waals surface area contributed by atoms with Gasteiger partial charge in [-0.05, 0) is 61.6 Å². The summed E-state index contributed by atoms with van der Waals surface area (Å²) in [6, 6.07) is 10.4. The fraction of sp³-hybridized carbons (Fsp3) is 0.647. The lowest BCUT2D eigenvalue weighted by Gasteiger charge is -2.29. The van der Waals surface area contributed by atoms with Crippen LogP contribution in [0, 0.1) is 0 Å². The SMILES string of the molecule is CCc1ccc([C@H]2CC[C@H](OCCC[Si](Br)(Br)Br)CC2)cc1. The average Bonchev–Trinajstić information content (AvgIpc) is 2.51. The zero-order chi connectivity index (χ0) is 16.0. The molecule has 1 nitrogen and oxygen atoms in total. The summed E-state index contributed by atoms with van der Waals surface area (Å²) in [5, 5.41) is 0. The van der Waals surface area contributed by atoms with E-state index in [0.29, 0.717) is 6.10 Å². The molecule has 1 fully saturated rings. The van der Waals surface area contributed by atoms with Gasteiger partial charge in [-0.15, -0.1) is 0 Å². The summed E-state index contributed by atoms with van der Waals surface area (Å²) in [7, 11) is 0. The van der Waals surface area contributed by atoms with Crippen LogP contribution in [0.4, 0.5) is 0 Å². The fourth-order valence-corrected chi connectivity index (χ4v) is 6.18. The summed E-state index contributed by atoms with van der Waals surface area (Å²) in [6.07, 6.45) is 7.67. The van der Waals surface area contributed by atoms with Crippen LogP contribution >= 0.6 is 45.9 Å². The molecule has 0 spiro atoms. The minimum atomic E-state index is -1.45. The Bertz CT molecular complexity index is 436. The van der Waals surface area contributed by atoms with E-state index >= 15 is 0 Å². The molecule has 0 N–H and O–H groups in total. The van der Waals surface area contributed by atoms with Gasteiger partial charge in [0.2, 0.25) is 0 Å². The van der Waals surface area contributed by atoms with Crippen molar-refractivity contribution in [2.24, 2.45) is 0 Å². The Labute approximate surface area is 159 Å². The van der Waals surface area contributed by atoms with E-state index < -0.39 is 3.93 Å². The van der Waals surface area contributed by atoms with E-state index in [-0.39, 0.29) is 0 Å². The van der Waals surface area contributed by atoms with Gasteiger partial charge < -0.3 is 4.74 Å². The first-order valence-electron chi connectivity index (χ1n) is 8.25. The molecule has 5 heteroatoms. The number of hydrogen-bond acceptors (Lipinski definition) is 1. The summed E-state index contributed by atoms with van der Waals surface area (Å²) < 4.78 is 4.61. The quantitative estimate of drug-likeness (QED) is 0.221. The second-order valence-corrected chi connectivity index (χ2v) is 29.6. The predicted octanol–water partition coefficient (Wildman–Crippen LogP) is 6.81. The molecule has 0 atom stereocenters. The number of halogens is 3. The van der Waals surface area contributed by atoms with Crippen molar-refractivity contribution in [3.8, 4) is 0 Å². The Morgan fingerprint density at radius 3 is 2.23 bits per heavy atom. The molecule has 1 aliphatic rings. The predicted molar refractivity (Wildman–Crippen MR) is 109 cm³/mol. The van der Waals surface area contributed by atoms with E-state index in [9.17, 15) is 0 Å². The molecule has 1 saturated carbocycles. The number of benzene rings is 1. The van der Waals surface area contributed by atoms with E-state index in [4.69, 9.17) is 4.74 Å². The Morgan fingerprint density at radius 2 is 1.68 bits per heavy atom. The molecular formula is C17H25Br3OSi. The van der Waals surface area contributed by atoms with Gasteiger partial charge >= 0.3 is 0 Å². The first-order valence-corrected chi connectivity index (χ1v) is 17.2. The van der Waals surface area contributed by atoms with Crippen molar-refractivity contribution in [2.75, 3.05) is 6.61 Å². The standard InChI is InChI=1S/C17H25Br3OSi/c1-2-14-4-6-15(7-5-14)16-8-10-17(11-9-16)21-12-3-13-22(18,19)20/h4-7,16-17H,2-3,8-13H2,1H3/t16-,17-. The van der Waals surface area contributed by atoms with Crippen LogP contribution in [-0.4, -0.2) is 16.6 Å². The second-order valence-electron chi connectivity index (χ2n) is 6.16. The maximum atomic E-state index is 6.06. The molecule has 1 aromatic rings. The third-order valence-corrected chi connectivity index (χ3v) is 8.98. The normalized spacial score (nSPS) is 22.7. The highest BCUT2D eigenvalue weighted by Gasteiger charge is 2.24. The van der Waals surface area contributed by atoms with Crippen LogP contribution < -0.4 is 0 Å². The highest BCUT2D eigenvalue weighted by Crippen LogP contribution is 2.35. The van der Waals surface area contributed by atoms with Crippen molar-refractivity contribution < 1.29 is 4.74 Å². The van der Waals surface area contributed by atoms with Crippen molar-refractivity contribution in [1.29, 1.82) is 0 Å². The van der Waals surface area contributed by atoms with Gasteiger partial charge in [0.05, 0.1) is 6.10 Å². The first kappa shape index (κ1) is 19.2. The van der Waals surface area contributed by atoms with Crippen LogP contribution in [0.1, 0.15) is 56.1 Å². The first-order chi connectivity index (χ1) is 10.5. The molecule has 22 heavy (non-hydrogen) atoms. The largest absolute Gasteiger partial charge is 0.378 e. The average molecular weight is 513 g/mol. The zero-order valence-corrected chi connectivity index (χ0v) is 18.9. The molecular weight excluding hydrogens is 488 g/mol. The molecule has 124 valence electrons. The highest BCUT2D eigenvalue weighted by atomic mass is 80.0. The summed E-state index contributed by atoms with van der Waals surface area (Å²) >= 11 is 11.0. The van der Waals surface area contributed by atoms with E-state index in [0.717, 1.165) is 31.4 Å². The molecule has 0 bridgehead atoms.